The number of rotatable bonds is 9. The summed E-state index contributed by atoms with van der Waals surface area (Å²) in [6, 6.07) is 0. The Kier molecular flexibility index (Phi) is 5.63. The number of nitrogens with one attached hydrogen (secondary N) is 1. The lowest BCUT2D eigenvalue weighted by Gasteiger charge is -1.99. The van der Waals surface area contributed by atoms with Crippen molar-refractivity contribution in [3.63, 3.8) is 0 Å². The van der Waals surface area contributed by atoms with Crippen molar-refractivity contribution in [3.05, 3.63) is 23.6 Å². The molecule has 110 valence electrons. The van der Waals surface area contributed by atoms with Crippen LogP contribution in [0.3, 0.4) is 0 Å². The molecule has 0 aliphatic heterocycles. The van der Waals surface area contributed by atoms with E-state index in [9.17, 15) is 0 Å². The summed E-state index contributed by atoms with van der Waals surface area (Å²) in [7, 11) is 1.68. The third kappa shape index (κ3) is 4.39. The summed E-state index contributed by atoms with van der Waals surface area (Å²) in [6.45, 7) is 4.65. The van der Waals surface area contributed by atoms with E-state index in [2.05, 4.69) is 32.7 Å². The van der Waals surface area contributed by atoms with Crippen molar-refractivity contribution in [1.29, 1.82) is 0 Å². The van der Waals surface area contributed by atoms with E-state index in [0.29, 0.717) is 25.6 Å². The highest BCUT2D eigenvalue weighted by atomic mass is 16.5. The number of hydrogen-bond acceptors (Lipinski definition) is 7. The van der Waals surface area contributed by atoms with Gasteiger partial charge in [0.2, 0.25) is 5.89 Å². The first-order valence-corrected chi connectivity index (χ1v) is 6.72. The first-order chi connectivity index (χ1) is 9.81. The zero-order chi connectivity index (χ0) is 14.2. The molecule has 0 spiro atoms. The Morgan fingerprint density at radius 3 is 3.15 bits per heavy atom. The fourth-order valence-electron chi connectivity index (χ4n) is 1.71. The summed E-state index contributed by atoms with van der Waals surface area (Å²) in [5.74, 6) is 1.29. The van der Waals surface area contributed by atoms with Crippen LogP contribution in [0.4, 0.5) is 0 Å². The summed E-state index contributed by atoms with van der Waals surface area (Å²) in [6.07, 6.45) is 3.69. The fourth-order valence-corrected chi connectivity index (χ4v) is 1.71. The molecule has 0 radical (unpaired) electrons. The maximum absolute atomic E-state index is 5.16. The van der Waals surface area contributed by atoms with Crippen LogP contribution in [0.15, 0.2) is 10.7 Å². The number of ether oxygens (including phenoxy) is 1. The van der Waals surface area contributed by atoms with Gasteiger partial charge in [0.15, 0.2) is 5.82 Å². The Bertz CT molecular complexity index is 510. The van der Waals surface area contributed by atoms with E-state index < -0.39 is 0 Å². The molecule has 0 unspecified atom stereocenters. The molecule has 2 aromatic rings. The minimum absolute atomic E-state index is 0.446. The Morgan fingerprint density at radius 2 is 2.35 bits per heavy atom. The SMILES string of the molecule is CCCc1noc(Cn2cc(CNCCOC)nn2)n1. The Hall–Kier alpha value is -1.80. The molecule has 0 saturated carbocycles. The summed E-state index contributed by atoms with van der Waals surface area (Å²) in [4.78, 5) is 4.29. The van der Waals surface area contributed by atoms with Gasteiger partial charge in [0, 0.05) is 26.6 Å². The van der Waals surface area contributed by atoms with Crippen LogP contribution in [-0.4, -0.2) is 45.4 Å². The van der Waals surface area contributed by atoms with E-state index in [1.165, 1.54) is 0 Å². The smallest absolute Gasteiger partial charge is 0.248 e. The Balaban J connectivity index is 1.82. The molecule has 0 amide bonds. The molecule has 0 bridgehead atoms. The zero-order valence-corrected chi connectivity index (χ0v) is 11.9. The Morgan fingerprint density at radius 1 is 1.45 bits per heavy atom. The lowest BCUT2D eigenvalue weighted by atomic mass is 10.3. The van der Waals surface area contributed by atoms with E-state index in [0.717, 1.165) is 30.9 Å². The van der Waals surface area contributed by atoms with E-state index >= 15 is 0 Å². The molecule has 0 saturated heterocycles. The van der Waals surface area contributed by atoms with Crippen LogP contribution in [0, 0.1) is 0 Å². The molecule has 2 aromatic heterocycles. The van der Waals surface area contributed by atoms with Crippen molar-refractivity contribution in [1.82, 2.24) is 30.5 Å². The van der Waals surface area contributed by atoms with Gasteiger partial charge in [-0.2, -0.15) is 4.98 Å². The number of methoxy groups -OCH3 is 1. The van der Waals surface area contributed by atoms with E-state index in [-0.39, 0.29) is 0 Å². The lowest BCUT2D eigenvalue weighted by Crippen LogP contribution is -2.18. The predicted molar refractivity (Wildman–Crippen MR) is 71.0 cm³/mol. The highest BCUT2D eigenvalue weighted by Gasteiger charge is 2.08. The van der Waals surface area contributed by atoms with E-state index in [1.54, 1.807) is 11.8 Å². The molecule has 2 rings (SSSR count). The number of aromatic nitrogens is 5. The highest BCUT2D eigenvalue weighted by molar-refractivity contribution is 4.94. The average Bonchev–Trinajstić information content (AvgIpc) is 3.06. The molecule has 8 heteroatoms. The molecule has 1 N–H and O–H groups in total. The quantitative estimate of drug-likeness (QED) is 0.665. The summed E-state index contributed by atoms with van der Waals surface area (Å²) >= 11 is 0. The summed E-state index contributed by atoms with van der Waals surface area (Å²) < 4.78 is 11.8. The molecule has 0 aliphatic carbocycles. The first-order valence-electron chi connectivity index (χ1n) is 6.72. The zero-order valence-electron chi connectivity index (χ0n) is 11.9. The van der Waals surface area contributed by atoms with Gasteiger partial charge in [-0.3, -0.25) is 0 Å². The number of hydrogen-bond donors (Lipinski definition) is 1. The molecule has 8 nitrogen and oxygen atoms in total. The van der Waals surface area contributed by atoms with Crippen molar-refractivity contribution in [2.45, 2.75) is 32.9 Å². The van der Waals surface area contributed by atoms with Crippen LogP contribution in [0.5, 0.6) is 0 Å². The second kappa shape index (κ2) is 7.71. The van der Waals surface area contributed by atoms with E-state index in [4.69, 9.17) is 9.26 Å². The normalized spacial score (nSPS) is 11.1. The van der Waals surface area contributed by atoms with Crippen LogP contribution in [0.2, 0.25) is 0 Å². The number of aryl methyl sites for hydroxylation is 1. The van der Waals surface area contributed by atoms with Gasteiger partial charge in [-0.1, -0.05) is 17.3 Å². The molecule has 0 fully saturated rings. The van der Waals surface area contributed by atoms with E-state index in [1.807, 2.05) is 6.20 Å². The van der Waals surface area contributed by atoms with Gasteiger partial charge in [0.05, 0.1) is 18.5 Å². The van der Waals surface area contributed by atoms with Gasteiger partial charge in [0.1, 0.15) is 6.54 Å². The Labute approximate surface area is 117 Å². The predicted octanol–water partition coefficient (Wildman–Crippen LogP) is 0.398. The van der Waals surface area contributed by atoms with Crippen LogP contribution in [0.25, 0.3) is 0 Å². The minimum Gasteiger partial charge on any atom is -0.383 e. The summed E-state index contributed by atoms with van der Waals surface area (Å²) in [5.41, 5.74) is 0.870. The molecular weight excluding hydrogens is 260 g/mol. The van der Waals surface area contributed by atoms with Crippen LogP contribution < -0.4 is 5.32 Å². The molecule has 0 aromatic carbocycles. The second-order valence-corrected chi connectivity index (χ2v) is 4.43. The minimum atomic E-state index is 0.446. The summed E-state index contributed by atoms with van der Waals surface area (Å²) in [5, 5.41) is 15.2. The maximum atomic E-state index is 5.16. The van der Waals surface area contributed by atoms with Crippen molar-refractivity contribution >= 4 is 0 Å². The topological polar surface area (TPSA) is 90.9 Å². The van der Waals surface area contributed by atoms with Crippen molar-refractivity contribution in [2.75, 3.05) is 20.3 Å². The molecule has 20 heavy (non-hydrogen) atoms. The van der Waals surface area contributed by atoms with Gasteiger partial charge in [-0.15, -0.1) is 5.10 Å². The van der Waals surface area contributed by atoms with Gasteiger partial charge in [-0.25, -0.2) is 4.68 Å². The van der Waals surface area contributed by atoms with Crippen LogP contribution in [0.1, 0.15) is 30.8 Å². The van der Waals surface area contributed by atoms with Crippen molar-refractivity contribution < 1.29 is 9.26 Å². The lowest BCUT2D eigenvalue weighted by molar-refractivity contribution is 0.199. The average molecular weight is 280 g/mol. The van der Waals surface area contributed by atoms with Gasteiger partial charge in [0.25, 0.3) is 0 Å². The van der Waals surface area contributed by atoms with Gasteiger partial charge < -0.3 is 14.6 Å². The monoisotopic (exact) mass is 280 g/mol. The number of nitrogens with zero attached hydrogens (tertiary/aromatic N) is 5. The van der Waals surface area contributed by atoms with Gasteiger partial charge in [-0.05, 0) is 6.42 Å². The van der Waals surface area contributed by atoms with Crippen LogP contribution in [-0.2, 0) is 24.2 Å². The molecular formula is C12H20N6O2. The van der Waals surface area contributed by atoms with Crippen molar-refractivity contribution in [2.24, 2.45) is 0 Å². The molecule has 0 atom stereocenters. The highest BCUT2D eigenvalue weighted by Crippen LogP contribution is 2.02. The second-order valence-electron chi connectivity index (χ2n) is 4.43. The molecule has 2 heterocycles. The molecule has 0 aliphatic rings. The third-order valence-corrected chi connectivity index (χ3v) is 2.66. The van der Waals surface area contributed by atoms with Crippen molar-refractivity contribution in [3.8, 4) is 0 Å². The largest absolute Gasteiger partial charge is 0.383 e. The fraction of sp³-hybridized carbons (Fsp3) is 0.667. The van der Waals surface area contributed by atoms with Crippen LogP contribution >= 0.6 is 0 Å². The van der Waals surface area contributed by atoms with Gasteiger partial charge >= 0.3 is 0 Å². The maximum Gasteiger partial charge on any atom is 0.248 e. The first kappa shape index (κ1) is 14.6. The third-order valence-electron chi connectivity index (χ3n) is 2.66. The standard InChI is InChI=1S/C12H20N6O2/c1-3-4-11-14-12(20-16-11)9-18-8-10(15-17-18)7-13-5-6-19-2/h8,13H,3-7,9H2,1-2H3.